The number of piperidine rings is 1. The molecular formula is C19H18FN3O3S. The number of hydrogen-bond acceptors (Lipinski definition) is 6. The summed E-state index contributed by atoms with van der Waals surface area (Å²) in [6, 6.07) is 9.87. The third-order valence-corrected chi connectivity index (χ3v) is 5.34. The highest BCUT2D eigenvalue weighted by atomic mass is 32.1. The van der Waals surface area contributed by atoms with Crippen molar-refractivity contribution in [2.75, 3.05) is 13.1 Å². The summed E-state index contributed by atoms with van der Waals surface area (Å²) < 4.78 is 24.2. The van der Waals surface area contributed by atoms with Gasteiger partial charge in [0.1, 0.15) is 0 Å². The molecular weight excluding hydrogens is 369 g/mol. The number of likely N-dealkylation sites (tertiary alicyclic amines) is 1. The van der Waals surface area contributed by atoms with E-state index >= 15 is 0 Å². The molecule has 8 heteroatoms. The number of nitrogens with zero attached hydrogens (tertiary/aromatic N) is 3. The summed E-state index contributed by atoms with van der Waals surface area (Å²) in [5, 5.41) is 5.93. The highest BCUT2D eigenvalue weighted by Crippen LogP contribution is 2.27. The average molecular weight is 387 g/mol. The monoisotopic (exact) mass is 387 g/mol. The molecule has 4 rings (SSSR count). The maximum atomic E-state index is 13.6. The van der Waals surface area contributed by atoms with Crippen molar-refractivity contribution in [1.82, 2.24) is 15.0 Å². The predicted octanol–water partition coefficient (Wildman–Crippen LogP) is 3.87. The Bertz CT molecular complexity index is 913. The maximum Gasteiger partial charge on any atom is 0.264 e. The second kappa shape index (κ2) is 7.87. The molecule has 0 aliphatic carbocycles. The zero-order valence-corrected chi connectivity index (χ0v) is 15.3. The largest absolute Gasteiger partial charge is 0.481 e. The van der Waals surface area contributed by atoms with Crippen LogP contribution in [0.3, 0.4) is 0 Å². The van der Waals surface area contributed by atoms with Crippen molar-refractivity contribution in [3.05, 3.63) is 64.2 Å². The van der Waals surface area contributed by atoms with Gasteiger partial charge in [0.25, 0.3) is 11.8 Å². The zero-order valence-electron chi connectivity index (χ0n) is 14.5. The van der Waals surface area contributed by atoms with Gasteiger partial charge < -0.3 is 14.2 Å². The molecule has 1 aliphatic rings. The van der Waals surface area contributed by atoms with Crippen molar-refractivity contribution in [3.8, 4) is 5.75 Å². The summed E-state index contributed by atoms with van der Waals surface area (Å²) in [6.45, 7) is 1.29. The lowest BCUT2D eigenvalue weighted by Crippen LogP contribution is -2.39. The first-order chi connectivity index (χ1) is 13.2. The molecule has 3 aromatic rings. The van der Waals surface area contributed by atoms with Crippen LogP contribution < -0.4 is 4.74 Å². The molecule has 1 amide bonds. The van der Waals surface area contributed by atoms with Crippen molar-refractivity contribution in [3.63, 3.8) is 0 Å². The Hall–Kier alpha value is -2.74. The Kier molecular flexibility index (Phi) is 5.15. The Morgan fingerprint density at radius 3 is 3.04 bits per heavy atom. The Morgan fingerprint density at radius 1 is 1.33 bits per heavy atom. The molecule has 1 aliphatic heterocycles. The van der Waals surface area contributed by atoms with Gasteiger partial charge in [0.05, 0.1) is 4.88 Å². The molecule has 0 radical (unpaired) electrons. The van der Waals surface area contributed by atoms with Crippen molar-refractivity contribution in [1.29, 1.82) is 0 Å². The number of benzene rings is 1. The van der Waals surface area contributed by atoms with Crippen LogP contribution in [0.5, 0.6) is 5.75 Å². The number of carbonyl (C=O) groups excluding carboxylic acids is 1. The molecule has 0 spiro atoms. The molecule has 1 atom stereocenters. The van der Waals surface area contributed by atoms with Gasteiger partial charge in [-0.25, -0.2) is 4.39 Å². The van der Waals surface area contributed by atoms with Crippen LogP contribution in [0.1, 0.15) is 40.1 Å². The van der Waals surface area contributed by atoms with E-state index in [0.717, 1.165) is 24.3 Å². The molecule has 0 saturated carbocycles. The van der Waals surface area contributed by atoms with Crippen LogP contribution in [0.15, 0.2) is 46.3 Å². The minimum Gasteiger partial charge on any atom is -0.481 e. The number of rotatable bonds is 5. The third kappa shape index (κ3) is 4.00. The fourth-order valence-electron chi connectivity index (χ4n) is 3.12. The lowest BCUT2D eigenvalue weighted by molar-refractivity contribution is 0.0708. The van der Waals surface area contributed by atoms with Gasteiger partial charge in [-0.2, -0.15) is 4.98 Å². The van der Waals surface area contributed by atoms with Crippen LogP contribution in [0, 0.1) is 5.82 Å². The molecule has 140 valence electrons. The summed E-state index contributed by atoms with van der Waals surface area (Å²) in [5.41, 5.74) is 0. The quantitative estimate of drug-likeness (QED) is 0.665. The van der Waals surface area contributed by atoms with E-state index in [-0.39, 0.29) is 30.1 Å². The number of amides is 1. The van der Waals surface area contributed by atoms with Gasteiger partial charge in [0.15, 0.2) is 24.0 Å². The Labute approximate surface area is 159 Å². The minimum atomic E-state index is -0.438. The van der Waals surface area contributed by atoms with Gasteiger partial charge in [-0.3, -0.25) is 4.79 Å². The lowest BCUT2D eigenvalue weighted by atomic mass is 9.97. The number of ether oxygens (including phenoxy) is 1. The first-order valence-corrected chi connectivity index (χ1v) is 9.61. The van der Waals surface area contributed by atoms with Gasteiger partial charge in [0.2, 0.25) is 0 Å². The molecule has 1 fully saturated rings. The summed E-state index contributed by atoms with van der Waals surface area (Å²) in [6.07, 6.45) is 1.78. The predicted molar refractivity (Wildman–Crippen MR) is 97.2 cm³/mol. The molecule has 3 heterocycles. The lowest BCUT2D eigenvalue weighted by Gasteiger charge is -2.30. The molecule has 2 aromatic heterocycles. The highest BCUT2D eigenvalue weighted by molar-refractivity contribution is 7.12. The van der Waals surface area contributed by atoms with Crippen LogP contribution in [0.2, 0.25) is 0 Å². The molecule has 27 heavy (non-hydrogen) atoms. The standard InChI is InChI=1S/C19H18FN3O3S/c20-14-6-1-2-7-15(14)25-12-17-21-18(22-26-17)13-5-3-9-23(11-13)19(24)16-8-4-10-27-16/h1-2,4,6-8,10,13H,3,5,9,11-12H2. The summed E-state index contributed by atoms with van der Waals surface area (Å²) in [7, 11) is 0. The highest BCUT2D eigenvalue weighted by Gasteiger charge is 2.29. The van der Waals surface area contributed by atoms with E-state index in [1.165, 1.54) is 17.4 Å². The van der Waals surface area contributed by atoms with Crippen molar-refractivity contribution >= 4 is 17.2 Å². The molecule has 1 unspecified atom stereocenters. The van der Waals surface area contributed by atoms with Crippen molar-refractivity contribution in [2.24, 2.45) is 0 Å². The fourth-order valence-corrected chi connectivity index (χ4v) is 3.81. The third-order valence-electron chi connectivity index (χ3n) is 4.48. The Balaban J connectivity index is 1.39. The molecule has 1 aromatic carbocycles. The second-order valence-corrected chi connectivity index (χ2v) is 7.28. The van der Waals surface area contributed by atoms with E-state index in [4.69, 9.17) is 9.26 Å². The van der Waals surface area contributed by atoms with E-state index in [2.05, 4.69) is 10.1 Å². The van der Waals surface area contributed by atoms with E-state index in [1.807, 2.05) is 22.4 Å². The number of hydrogen-bond donors (Lipinski definition) is 0. The summed E-state index contributed by atoms with van der Waals surface area (Å²) in [4.78, 5) is 19.5. The van der Waals surface area contributed by atoms with Gasteiger partial charge in [-0.05, 0) is 36.4 Å². The van der Waals surface area contributed by atoms with E-state index in [0.29, 0.717) is 12.4 Å². The number of aromatic nitrogens is 2. The van der Waals surface area contributed by atoms with Gasteiger partial charge in [-0.1, -0.05) is 23.4 Å². The van der Waals surface area contributed by atoms with Crippen LogP contribution in [-0.2, 0) is 6.61 Å². The number of carbonyl (C=O) groups is 1. The normalized spacial score (nSPS) is 17.1. The van der Waals surface area contributed by atoms with Crippen LogP contribution in [-0.4, -0.2) is 34.0 Å². The fraction of sp³-hybridized carbons (Fsp3) is 0.316. The average Bonchev–Trinajstić information content (AvgIpc) is 3.39. The second-order valence-electron chi connectivity index (χ2n) is 6.33. The van der Waals surface area contributed by atoms with E-state index < -0.39 is 5.82 Å². The summed E-state index contributed by atoms with van der Waals surface area (Å²) in [5.74, 6) is 0.616. The molecule has 1 saturated heterocycles. The number of thiophene rings is 1. The van der Waals surface area contributed by atoms with Crippen LogP contribution in [0.4, 0.5) is 4.39 Å². The van der Waals surface area contributed by atoms with Gasteiger partial charge in [-0.15, -0.1) is 11.3 Å². The van der Waals surface area contributed by atoms with E-state index in [9.17, 15) is 9.18 Å². The van der Waals surface area contributed by atoms with Crippen molar-refractivity contribution in [2.45, 2.75) is 25.4 Å². The molecule has 6 nitrogen and oxygen atoms in total. The topological polar surface area (TPSA) is 68.5 Å². The number of halogens is 1. The summed E-state index contributed by atoms with van der Waals surface area (Å²) >= 11 is 1.44. The molecule has 0 N–H and O–H groups in total. The van der Waals surface area contributed by atoms with Crippen LogP contribution in [0.25, 0.3) is 0 Å². The first kappa shape index (κ1) is 17.7. The molecule has 0 bridgehead atoms. The number of para-hydroxylation sites is 1. The van der Waals surface area contributed by atoms with Gasteiger partial charge in [0, 0.05) is 19.0 Å². The minimum absolute atomic E-state index is 0.00149. The smallest absolute Gasteiger partial charge is 0.264 e. The zero-order chi connectivity index (χ0) is 18.6. The van der Waals surface area contributed by atoms with Crippen molar-refractivity contribution < 1.29 is 18.4 Å². The maximum absolute atomic E-state index is 13.6. The Morgan fingerprint density at radius 2 is 2.22 bits per heavy atom. The van der Waals surface area contributed by atoms with Gasteiger partial charge >= 0.3 is 0 Å². The SMILES string of the molecule is O=C(c1cccs1)N1CCCC(c2noc(COc3ccccc3F)n2)C1. The first-order valence-electron chi connectivity index (χ1n) is 8.73. The van der Waals surface area contributed by atoms with Crippen LogP contribution >= 0.6 is 11.3 Å². The van der Waals surface area contributed by atoms with E-state index in [1.54, 1.807) is 18.2 Å².